The van der Waals surface area contributed by atoms with Crippen molar-refractivity contribution in [2.24, 2.45) is 5.92 Å². The highest BCUT2D eigenvalue weighted by Crippen LogP contribution is 2.25. The van der Waals surface area contributed by atoms with Crippen LogP contribution < -0.4 is 10.0 Å². The van der Waals surface area contributed by atoms with E-state index in [0.717, 1.165) is 16.7 Å². The summed E-state index contributed by atoms with van der Waals surface area (Å²) in [6.07, 6.45) is 2.14. The molecule has 0 aliphatic carbocycles. The number of rotatable bonds is 10. The molecule has 0 radical (unpaired) electrons. The van der Waals surface area contributed by atoms with Crippen LogP contribution in [0, 0.1) is 19.8 Å². The molecule has 8 nitrogen and oxygen atoms in total. The van der Waals surface area contributed by atoms with Crippen molar-refractivity contribution < 1.29 is 21.6 Å². The fraction of sp³-hybridized carbons (Fsp3) is 0.345. The number of amides is 1. The first-order valence-corrected chi connectivity index (χ1v) is 16.2. The molecule has 1 aliphatic rings. The van der Waals surface area contributed by atoms with Crippen molar-refractivity contribution in [3.8, 4) is 0 Å². The van der Waals surface area contributed by atoms with E-state index < -0.39 is 20.0 Å². The molecule has 0 saturated carbocycles. The molecular weight excluding hydrogens is 534 g/mol. The monoisotopic (exact) mass is 569 g/mol. The van der Waals surface area contributed by atoms with E-state index in [-0.39, 0.29) is 22.5 Å². The van der Waals surface area contributed by atoms with Crippen molar-refractivity contribution in [1.29, 1.82) is 0 Å². The molecule has 2 N–H and O–H groups in total. The lowest BCUT2D eigenvalue weighted by molar-refractivity contribution is -0.120. The van der Waals surface area contributed by atoms with Gasteiger partial charge in [-0.1, -0.05) is 48.5 Å². The van der Waals surface area contributed by atoms with E-state index in [1.807, 2.05) is 62.4 Å². The van der Waals surface area contributed by atoms with E-state index in [1.54, 1.807) is 12.1 Å². The maximum Gasteiger partial charge on any atom is 0.261 e. The molecule has 3 aromatic rings. The molecule has 0 unspecified atom stereocenters. The summed E-state index contributed by atoms with van der Waals surface area (Å²) in [4.78, 5) is 12.9. The van der Waals surface area contributed by atoms with E-state index in [0.29, 0.717) is 50.1 Å². The van der Waals surface area contributed by atoms with Crippen LogP contribution in [0.4, 0.5) is 11.4 Å². The highest BCUT2D eigenvalue weighted by atomic mass is 32.2. The van der Waals surface area contributed by atoms with Gasteiger partial charge in [0.15, 0.2) is 0 Å². The molecule has 1 fully saturated rings. The molecule has 0 bridgehead atoms. The van der Waals surface area contributed by atoms with Gasteiger partial charge in [0.05, 0.1) is 16.3 Å². The maximum absolute atomic E-state index is 12.9. The molecule has 208 valence electrons. The number of hydrogen-bond acceptors (Lipinski definition) is 5. The molecule has 0 spiro atoms. The lowest BCUT2D eigenvalue weighted by Crippen LogP contribution is -2.42. The van der Waals surface area contributed by atoms with Crippen molar-refractivity contribution in [3.05, 3.63) is 89.5 Å². The zero-order chi connectivity index (χ0) is 28.0. The van der Waals surface area contributed by atoms with E-state index >= 15 is 0 Å². The van der Waals surface area contributed by atoms with E-state index in [1.165, 1.54) is 16.4 Å². The normalized spacial score (nSPS) is 15.1. The summed E-state index contributed by atoms with van der Waals surface area (Å²) in [6, 6.07) is 21.4. The lowest BCUT2D eigenvalue weighted by Gasteiger charge is -2.30. The van der Waals surface area contributed by atoms with Gasteiger partial charge >= 0.3 is 0 Å². The smallest absolute Gasteiger partial charge is 0.261 e. The molecule has 0 atom stereocenters. The Labute approximate surface area is 231 Å². The number of nitrogens with zero attached hydrogens (tertiary/aromatic N) is 1. The number of anilines is 2. The van der Waals surface area contributed by atoms with Crippen molar-refractivity contribution in [2.75, 3.05) is 28.9 Å². The van der Waals surface area contributed by atoms with E-state index in [2.05, 4.69) is 10.0 Å². The van der Waals surface area contributed by atoms with Gasteiger partial charge in [-0.3, -0.25) is 9.52 Å². The van der Waals surface area contributed by atoms with Crippen LogP contribution >= 0.6 is 0 Å². The predicted molar refractivity (Wildman–Crippen MR) is 155 cm³/mol. The van der Waals surface area contributed by atoms with Gasteiger partial charge in [0, 0.05) is 24.7 Å². The lowest BCUT2D eigenvalue weighted by atomic mass is 9.97. The number of carbonyl (C=O) groups is 1. The highest BCUT2D eigenvalue weighted by Gasteiger charge is 2.31. The van der Waals surface area contributed by atoms with Gasteiger partial charge in [-0.15, -0.1) is 0 Å². The largest absolute Gasteiger partial charge is 0.326 e. The Balaban J connectivity index is 1.28. The number of hydrogen-bond donors (Lipinski definition) is 2. The van der Waals surface area contributed by atoms with Gasteiger partial charge in [-0.25, -0.2) is 21.1 Å². The molecule has 0 aromatic heterocycles. The fourth-order valence-corrected chi connectivity index (χ4v) is 7.50. The Kier molecular flexibility index (Phi) is 9.09. The Morgan fingerprint density at radius 1 is 0.846 bits per heavy atom. The minimum atomic E-state index is -3.79. The SMILES string of the molecule is Cc1cccc(C)c1NS(=O)(=O)c1ccc(NC(=O)C2CCN(S(=O)(=O)CCCc3ccccc3)CC2)cc1. The van der Waals surface area contributed by atoms with Crippen LogP contribution in [0.2, 0.25) is 0 Å². The number of piperidine rings is 1. The van der Waals surface area contributed by atoms with Crippen LogP contribution in [-0.2, 0) is 31.3 Å². The molecule has 4 rings (SSSR count). The Hall–Kier alpha value is -3.21. The first-order chi connectivity index (χ1) is 18.5. The molecule has 39 heavy (non-hydrogen) atoms. The Morgan fingerprint density at radius 2 is 1.46 bits per heavy atom. The number of para-hydroxylation sites is 1. The second-order valence-corrected chi connectivity index (χ2v) is 13.7. The van der Waals surface area contributed by atoms with Crippen LogP contribution in [0.3, 0.4) is 0 Å². The first kappa shape index (κ1) is 28.8. The zero-order valence-corrected chi connectivity index (χ0v) is 23.9. The summed E-state index contributed by atoms with van der Waals surface area (Å²) < 4.78 is 55.5. The van der Waals surface area contributed by atoms with Gasteiger partial charge in [-0.05, 0) is 80.5 Å². The second kappa shape index (κ2) is 12.3. The summed E-state index contributed by atoms with van der Waals surface area (Å²) in [5.41, 5.74) is 3.81. The molecule has 1 aliphatic heterocycles. The fourth-order valence-electron chi connectivity index (χ4n) is 4.76. The van der Waals surface area contributed by atoms with Gasteiger partial charge in [0.2, 0.25) is 15.9 Å². The van der Waals surface area contributed by atoms with E-state index in [4.69, 9.17) is 0 Å². The molecule has 1 saturated heterocycles. The topological polar surface area (TPSA) is 113 Å². The molecule has 1 amide bonds. The summed E-state index contributed by atoms with van der Waals surface area (Å²) in [5.74, 6) is -0.415. The van der Waals surface area contributed by atoms with Gasteiger partial charge < -0.3 is 5.32 Å². The maximum atomic E-state index is 12.9. The predicted octanol–water partition coefficient (Wildman–Crippen LogP) is 4.72. The summed E-state index contributed by atoms with van der Waals surface area (Å²) in [7, 11) is -7.16. The van der Waals surface area contributed by atoms with Gasteiger partial charge in [0.1, 0.15) is 0 Å². The van der Waals surface area contributed by atoms with Crippen LogP contribution in [0.25, 0.3) is 0 Å². The van der Waals surface area contributed by atoms with Crippen LogP contribution in [-0.4, -0.2) is 45.9 Å². The minimum Gasteiger partial charge on any atom is -0.326 e. The minimum absolute atomic E-state index is 0.0896. The number of sulfonamides is 2. The third-order valence-corrected chi connectivity index (χ3v) is 10.4. The van der Waals surface area contributed by atoms with Crippen LogP contribution in [0.15, 0.2) is 77.7 Å². The summed E-state index contributed by atoms with van der Waals surface area (Å²) in [6.45, 7) is 4.31. The first-order valence-electron chi connectivity index (χ1n) is 13.1. The van der Waals surface area contributed by atoms with Crippen molar-refractivity contribution in [2.45, 2.75) is 44.4 Å². The zero-order valence-electron chi connectivity index (χ0n) is 22.3. The van der Waals surface area contributed by atoms with Crippen molar-refractivity contribution >= 4 is 37.3 Å². The molecular formula is C29H35N3O5S2. The van der Waals surface area contributed by atoms with Gasteiger partial charge in [0.25, 0.3) is 10.0 Å². The molecule has 1 heterocycles. The number of carbonyl (C=O) groups excluding carboxylic acids is 1. The number of aryl methyl sites for hydroxylation is 3. The third-order valence-electron chi connectivity index (χ3n) is 7.08. The number of nitrogens with one attached hydrogen (secondary N) is 2. The number of benzene rings is 3. The summed E-state index contributed by atoms with van der Waals surface area (Å²) in [5, 5.41) is 2.84. The average molecular weight is 570 g/mol. The Morgan fingerprint density at radius 3 is 2.08 bits per heavy atom. The standard InChI is InChI=1S/C29H35N3O5S2/c1-22-8-6-9-23(2)28(22)31-39(36,37)27-15-13-26(14-16-27)30-29(33)25-17-19-32(20-18-25)38(34,35)21-7-12-24-10-4-3-5-11-24/h3-6,8-11,13-16,25,31H,7,12,17-21H2,1-2H3,(H,30,33). The van der Waals surface area contributed by atoms with Crippen LogP contribution in [0.5, 0.6) is 0 Å². The van der Waals surface area contributed by atoms with Crippen molar-refractivity contribution in [3.63, 3.8) is 0 Å². The summed E-state index contributed by atoms with van der Waals surface area (Å²) >= 11 is 0. The van der Waals surface area contributed by atoms with Gasteiger partial charge in [-0.2, -0.15) is 0 Å². The second-order valence-electron chi connectivity index (χ2n) is 9.96. The quantitative estimate of drug-likeness (QED) is 0.367. The average Bonchev–Trinajstić information content (AvgIpc) is 2.92. The highest BCUT2D eigenvalue weighted by molar-refractivity contribution is 7.92. The Bertz CT molecular complexity index is 1480. The van der Waals surface area contributed by atoms with E-state index in [9.17, 15) is 21.6 Å². The van der Waals surface area contributed by atoms with Crippen LogP contribution in [0.1, 0.15) is 36.0 Å². The van der Waals surface area contributed by atoms with Crippen molar-refractivity contribution in [1.82, 2.24) is 4.31 Å². The third kappa shape index (κ3) is 7.46. The molecule has 10 heteroatoms. The molecule has 3 aromatic carbocycles.